The van der Waals surface area contributed by atoms with Gasteiger partial charge in [0.25, 0.3) is 0 Å². The molecule has 4 rings (SSSR count). The van der Waals surface area contributed by atoms with Crippen molar-refractivity contribution in [2.24, 2.45) is 0 Å². The molecule has 21 heavy (non-hydrogen) atoms. The van der Waals surface area contributed by atoms with Crippen molar-refractivity contribution < 1.29 is 0 Å². The molecule has 0 radical (unpaired) electrons. The minimum atomic E-state index is 0.366. The van der Waals surface area contributed by atoms with Crippen molar-refractivity contribution in [3.05, 3.63) is 60.3 Å². The van der Waals surface area contributed by atoms with Gasteiger partial charge in [0.05, 0.1) is 17.1 Å². The second-order valence-corrected chi connectivity index (χ2v) is 5.05. The number of halogens is 1. The lowest BCUT2D eigenvalue weighted by Gasteiger charge is -2.08. The van der Waals surface area contributed by atoms with E-state index < -0.39 is 0 Å². The molecule has 0 spiro atoms. The van der Waals surface area contributed by atoms with Gasteiger partial charge in [0.15, 0.2) is 5.82 Å². The molecular formula is C16H11ClN4. The number of fused-ring (bicyclic) bond motifs is 2. The largest absolute Gasteiger partial charge is 0.232 e. The highest BCUT2D eigenvalue weighted by Gasteiger charge is 2.12. The van der Waals surface area contributed by atoms with Crippen LogP contribution in [-0.4, -0.2) is 20.0 Å². The smallest absolute Gasteiger partial charge is 0.163 e. The molecule has 0 unspecified atom stereocenters. The van der Waals surface area contributed by atoms with Crippen LogP contribution in [0.1, 0.15) is 5.69 Å². The van der Waals surface area contributed by atoms with Gasteiger partial charge in [-0.3, -0.25) is 0 Å². The first-order valence-electron chi connectivity index (χ1n) is 6.62. The van der Waals surface area contributed by atoms with Crippen LogP contribution in [0.3, 0.4) is 0 Å². The SMILES string of the molecule is ClCc1cc2ccccc2c(-n2nnc3ccccc32)n1. The van der Waals surface area contributed by atoms with Gasteiger partial charge >= 0.3 is 0 Å². The number of pyridine rings is 1. The predicted molar refractivity (Wildman–Crippen MR) is 83.7 cm³/mol. The zero-order valence-corrected chi connectivity index (χ0v) is 11.8. The molecule has 2 aromatic carbocycles. The van der Waals surface area contributed by atoms with Crippen LogP contribution in [0.5, 0.6) is 0 Å². The quantitative estimate of drug-likeness (QED) is 0.529. The number of hydrogen-bond acceptors (Lipinski definition) is 3. The highest BCUT2D eigenvalue weighted by atomic mass is 35.5. The zero-order chi connectivity index (χ0) is 14.2. The van der Waals surface area contributed by atoms with E-state index in [-0.39, 0.29) is 0 Å². The van der Waals surface area contributed by atoms with Crippen LogP contribution in [0, 0.1) is 0 Å². The summed E-state index contributed by atoms with van der Waals surface area (Å²) in [5.41, 5.74) is 2.60. The maximum absolute atomic E-state index is 5.97. The lowest BCUT2D eigenvalue weighted by Crippen LogP contribution is -2.03. The van der Waals surface area contributed by atoms with Crippen LogP contribution in [0.25, 0.3) is 27.6 Å². The minimum absolute atomic E-state index is 0.366. The molecule has 0 N–H and O–H groups in total. The summed E-state index contributed by atoms with van der Waals surface area (Å²) < 4.78 is 1.77. The summed E-state index contributed by atoms with van der Waals surface area (Å²) in [6, 6.07) is 17.9. The monoisotopic (exact) mass is 294 g/mol. The van der Waals surface area contributed by atoms with Crippen molar-refractivity contribution in [3.8, 4) is 5.82 Å². The molecule has 2 aromatic heterocycles. The van der Waals surface area contributed by atoms with Crippen LogP contribution < -0.4 is 0 Å². The van der Waals surface area contributed by atoms with Crippen molar-refractivity contribution in [1.82, 2.24) is 20.0 Å². The second kappa shape index (κ2) is 4.82. The van der Waals surface area contributed by atoms with Gasteiger partial charge in [0.1, 0.15) is 5.52 Å². The van der Waals surface area contributed by atoms with Gasteiger partial charge in [-0.1, -0.05) is 41.6 Å². The van der Waals surface area contributed by atoms with E-state index in [1.165, 1.54) is 0 Å². The molecule has 0 amide bonds. The van der Waals surface area contributed by atoms with Gasteiger partial charge in [0.2, 0.25) is 0 Å². The van der Waals surface area contributed by atoms with E-state index in [0.717, 1.165) is 33.3 Å². The Kier molecular flexibility index (Phi) is 2.82. The Morgan fingerprint density at radius 2 is 1.81 bits per heavy atom. The highest BCUT2D eigenvalue weighted by Crippen LogP contribution is 2.24. The van der Waals surface area contributed by atoms with Gasteiger partial charge in [-0.2, -0.15) is 4.68 Å². The first-order valence-corrected chi connectivity index (χ1v) is 7.16. The van der Waals surface area contributed by atoms with Gasteiger partial charge in [-0.25, -0.2) is 4.98 Å². The second-order valence-electron chi connectivity index (χ2n) is 4.78. The molecule has 0 saturated heterocycles. The summed E-state index contributed by atoms with van der Waals surface area (Å²) in [6.07, 6.45) is 0. The number of nitrogens with zero attached hydrogens (tertiary/aromatic N) is 4. The predicted octanol–water partition coefficient (Wildman–Crippen LogP) is 3.71. The normalized spacial score (nSPS) is 11.3. The van der Waals surface area contributed by atoms with E-state index in [1.807, 2.05) is 48.5 Å². The average Bonchev–Trinajstić information content (AvgIpc) is 2.97. The summed E-state index contributed by atoms with van der Waals surface area (Å²) in [4.78, 5) is 4.64. The standard InChI is InChI=1S/C16H11ClN4/c17-10-12-9-11-5-1-2-6-13(11)16(18-12)21-15-8-4-3-7-14(15)19-20-21/h1-9H,10H2. The fraction of sp³-hybridized carbons (Fsp3) is 0.0625. The van der Waals surface area contributed by atoms with Crippen LogP contribution in [-0.2, 0) is 5.88 Å². The molecule has 102 valence electrons. The Hall–Kier alpha value is -2.46. The van der Waals surface area contributed by atoms with Gasteiger partial charge in [0, 0.05) is 5.39 Å². The summed E-state index contributed by atoms with van der Waals surface area (Å²) in [7, 11) is 0. The minimum Gasteiger partial charge on any atom is -0.232 e. The molecule has 0 bridgehead atoms. The molecule has 2 heterocycles. The fourth-order valence-corrected chi connectivity index (χ4v) is 2.63. The Balaban J connectivity index is 2.09. The third-order valence-corrected chi connectivity index (χ3v) is 3.74. The molecule has 0 fully saturated rings. The van der Waals surface area contributed by atoms with E-state index in [4.69, 9.17) is 11.6 Å². The highest BCUT2D eigenvalue weighted by molar-refractivity contribution is 6.17. The Labute approximate surface area is 126 Å². The number of para-hydroxylation sites is 1. The molecule has 0 aliphatic heterocycles. The first kappa shape index (κ1) is 12.3. The maximum Gasteiger partial charge on any atom is 0.163 e. The van der Waals surface area contributed by atoms with Gasteiger partial charge in [-0.15, -0.1) is 16.7 Å². The Bertz CT molecular complexity index is 945. The van der Waals surface area contributed by atoms with Crippen LogP contribution in [0.4, 0.5) is 0 Å². The van der Waals surface area contributed by atoms with Crippen molar-refractivity contribution >= 4 is 33.4 Å². The van der Waals surface area contributed by atoms with Crippen molar-refractivity contribution in [2.75, 3.05) is 0 Å². The maximum atomic E-state index is 5.97. The van der Waals surface area contributed by atoms with Crippen molar-refractivity contribution in [1.29, 1.82) is 0 Å². The Morgan fingerprint density at radius 1 is 1.00 bits per heavy atom. The van der Waals surface area contributed by atoms with Crippen LogP contribution in [0.2, 0.25) is 0 Å². The lowest BCUT2D eigenvalue weighted by atomic mass is 10.1. The van der Waals surface area contributed by atoms with E-state index in [0.29, 0.717) is 5.88 Å². The van der Waals surface area contributed by atoms with E-state index in [9.17, 15) is 0 Å². The molecule has 0 atom stereocenters. The van der Waals surface area contributed by atoms with Crippen molar-refractivity contribution in [2.45, 2.75) is 5.88 Å². The molecule has 0 aliphatic carbocycles. The number of alkyl halides is 1. The number of aromatic nitrogens is 4. The van der Waals surface area contributed by atoms with Crippen LogP contribution >= 0.6 is 11.6 Å². The van der Waals surface area contributed by atoms with E-state index in [2.05, 4.69) is 21.4 Å². The number of rotatable bonds is 2. The fourth-order valence-electron chi connectivity index (χ4n) is 2.49. The first-order chi connectivity index (χ1) is 10.4. The molecule has 0 aliphatic rings. The molecule has 4 aromatic rings. The number of hydrogen-bond donors (Lipinski definition) is 0. The molecular weight excluding hydrogens is 284 g/mol. The third-order valence-electron chi connectivity index (χ3n) is 3.46. The number of benzene rings is 2. The van der Waals surface area contributed by atoms with Crippen molar-refractivity contribution in [3.63, 3.8) is 0 Å². The van der Waals surface area contributed by atoms with Gasteiger partial charge < -0.3 is 0 Å². The van der Waals surface area contributed by atoms with E-state index in [1.54, 1.807) is 4.68 Å². The summed E-state index contributed by atoms with van der Waals surface area (Å²) in [5, 5.41) is 10.6. The van der Waals surface area contributed by atoms with Gasteiger partial charge in [-0.05, 0) is 23.6 Å². The summed E-state index contributed by atoms with van der Waals surface area (Å²) in [6.45, 7) is 0. The Morgan fingerprint density at radius 3 is 2.71 bits per heavy atom. The topological polar surface area (TPSA) is 43.6 Å². The zero-order valence-electron chi connectivity index (χ0n) is 11.1. The third kappa shape index (κ3) is 1.96. The lowest BCUT2D eigenvalue weighted by molar-refractivity contribution is 0.803. The molecule has 0 saturated carbocycles. The summed E-state index contributed by atoms with van der Waals surface area (Å²) in [5.74, 6) is 1.13. The summed E-state index contributed by atoms with van der Waals surface area (Å²) >= 11 is 5.97. The van der Waals surface area contributed by atoms with E-state index >= 15 is 0 Å². The molecule has 4 nitrogen and oxygen atoms in total. The average molecular weight is 295 g/mol. The van der Waals surface area contributed by atoms with Crippen LogP contribution in [0.15, 0.2) is 54.6 Å². The molecule has 5 heteroatoms.